The Morgan fingerprint density at radius 3 is 2.87 bits per heavy atom. The molecule has 2 rings (SSSR count). The highest BCUT2D eigenvalue weighted by atomic mass is 16.2. The van der Waals surface area contributed by atoms with Gasteiger partial charge in [0, 0.05) is 5.69 Å². The second-order valence-corrected chi connectivity index (χ2v) is 3.80. The largest absolute Gasteiger partial charge is 0.324 e. The molecule has 0 aliphatic heterocycles. The van der Waals surface area contributed by atoms with Crippen molar-refractivity contribution in [2.75, 3.05) is 5.32 Å². The van der Waals surface area contributed by atoms with Crippen LogP contribution in [0.15, 0.2) is 24.3 Å². The molecule has 1 amide bonds. The summed E-state index contributed by atoms with van der Waals surface area (Å²) >= 11 is 0. The Morgan fingerprint density at radius 2 is 2.27 bits per heavy atom. The third kappa shape index (κ3) is 1.97. The van der Waals surface area contributed by atoms with Crippen LogP contribution in [0.3, 0.4) is 0 Å². The number of amides is 1. The lowest BCUT2D eigenvalue weighted by molar-refractivity contribution is -0.118. The zero-order chi connectivity index (χ0) is 10.9. The summed E-state index contributed by atoms with van der Waals surface area (Å²) in [6, 6.07) is 8.79. The van der Waals surface area contributed by atoms with Gasteiger partial charge in [0.2, 0.25) is 5.91 Å². The third-order valence-corrected chi connectivity index (χ3v) is 2.49. The van der Waals surface area contributed by atoms with Crippen molar-refractivity contribution < 1.29 is 4.79 Å². The van der Waals surface area contributed by atoms with E-state index in [0.717, 1.165) is 12.8 Å². The summed E-state index contributed by atoms with van der Waals surface area (Å²) in [5, 5.41) is 11.4. The van der Waals surface area contributed by atoms with Crippen LogP contribution >= 0.6 is 0 Å². The molecule has 0 spiro atoms. The van der Waals surface area contributed by atoms with Crippen LogP contribution in [0.4, 0.5) is 5.69 Å². The predicted octanol–water partition coefficient (Wildman–Crippen LogP) is 0.988. The minimum absolute atomic E-state index is 0.169. The van der Waals surface area contributed by atoms with E-state index in [1.807, 2.05) is 6.07 Å². The first-order valence-electron chi connectivity index (χ1n) is 4.74. The van der Waals surface area contributed by atoms with Gasteiger partial charge in [-0.15, -0.1) is 0 Å². The summed E-state index contributed by atoms with van der Waals surface area (Å²) in [5.74, 6) is -0.169. The molecule has 4 nitrogen and oxygen atoms in total. The van der Waals surface area contributed by atoms with E-state index in [0.29, 0.717) is 11.3 Å². The fourth-order valence-electron chi connectivity index (χ4n) is 1.28. The standard InChI is InChI=1S/C11H11N3O/c12-7-8-2-1-3-9(6-8)14-10(15)11(13)4-5-11/h1-3,6H,4-5,13H2,(H,14,15). The summed E-state index contributed by atoms with van der Waals surface area (Å²) in [7, 11) is 0. The minimum Gasteiger partial charge on any atom is -0.324 e. The Hall–Kier alpha value is -1.86. The second kappa shape index (κ2) is 3.37. The smallest absolute Gasteiger partial charge is 0.244 e. The van der Waals surface area contributed by atoms with Crippen molar-refractivity contribution in [1.29, 1.82) is 5.26 Å². The van der Waals surface area contributed by atoms with Crippen LogP contribution in [0, 0.1) is 11.3 Å². The maximum absolute atomic E-state index is 11.6. The van der Waals surface area contributed by atoms with Gasteiger partial charge in [-0.1, -0.05) is 6.07 Å². The normalized spacial score (nSPS) is 16.5. The lowest BCUT2D eigenvalue weighted by Gasteiger charge is -2.09. The molecule has 1 aromatic rings. The number of rotatable bonds is 2. The zero-order valence-corrected chi connectivity index (χ0v) is 8.16. The van der Waals surface area contributed by atoms with E-state index in [1.54, 1.807) is 24.3 Å². The van der Waals surface area contributed by atoms with Gasteiger partial charge in [-0.3, -0.25) is 4.79 Å². The molecule has 1 aromatic carbocycles. The third-order valence-electron chi connectivity index (χ3n) is 2.49. The number of carbonyl (C=O) groups is 1. The van der Waals surface area contributed by atoms with E-state index < -0.39 is 5.54 Å². The van der Waals surface area contributed by atoms with E-state index in [9.17, 15) is 4.79 Å². The number of carbonyl (C=O) groups excluding carboxylic acids is 1. The van der Waals surface area contributed by atoms with Crippen LogP contribution < -0.4 is 11.1 Å². The Bertz CT molecular complexity index is 443. The molecule has 1 aliphatic carbocycles. The van der Waals surface area contributed by atoms with Crippen molar-refractivity contribution in [2.45, 2.75) is 18.4 Å². The molecular weight excluding hydrogens is 190 g/mol. The van der Waals surface area contributed by atoms with E-state index in [2.05, 4.69) is 5.32 Å². The molecule has 76 valence electrons. The van der Waals surface area contributed by atoms with Gasteiger partial charge in [-0.05, 0) is 31.0 Å². The summed E-state index contributed by atoms with van der Waals surface area (Å²) in [6.45, 7) is 0. The summed E-state index contributed by atoms with van der Waals surface area (Å²) < 4.78 is 0. The molecule has 1 fully saturated rings. The highest BCUT2D eigenvalue weighted by Crippen LogP contribution is 2.33. The molecular formula is C11H11N3O. The van der Waals surface area contributed by atoms with Crippen LogP contribution in [-0.4, -0.2) is 11.4 Å². The quantitative estimate of drug-likeness (QED) is 0.748. The molecule has 0 bridgehead atoms. The monoisotopic (exact) mass is 201 g/mol. The number of benzene rings is 1. The van der Waals surface area contributed by atoms with E-state index in [1.165, 1.54) is 0 Å². The van der Waals surface area contributed by atoms with Crippen LogP contribution in [0.25, 0.3) is 0 Å². The number of nitrogens with one attached hydrogen (secondary N) is 1. The van der Waals surface area contributed by atoms with Crippen molar-refractivity contribution >= 4 is 11.6 Å². The molecule has 0 aromatic heterocycles. The predicted molar refractivity (Wildman–Crippen MR) is 55.9 cm³/mol. The molecule has 1 saturated carbocycles. The molecule has 0 radical (unpaired) electrons. The Labute approximate surface area is 87.7 Å². The van der Waals surface area contributed by atoms with Crippen molar-refractivity contribution in [3.63, 3.8) is 0 Å². The number of nitrogens with two attached hydrogens (primary N) is 1. The van der Waals surface area contributed by atoms with Gasteiger partial charge in [0.1, 0.15) is 0 Å². The number of hydrogen-bond acceptors (Lipinski definition) is 3. The van der Waals surface area contributed by atoms with Crippen molar-refractivity contribution in [1.82, 2.24) is 0 Å². The lowest BCUT2D eigenvalue weighted by Crippen LogP contribution is -2.37. The molecule has 0 heterocycles. The fraction of sp³-hybridized carbons (Fsp3) is 0.273. The van der Waals surface area contributed by atoms with Crippen LogP contribution in [-0.2, 0) is 4.79 Å². The second-order valence-electron chi connectivity index (χ2n) is 3.80. The summed E-state index contributed by atoms with van der Waals surface area (Å²) in [4.78, 5) is 11.6. The van der Waals surface area contributed by atoms with Crippen molar-refractivity contribution in [3.8, 4) is 6.07 Å². The molecule has 0 unspecified atom stereocenters. The first-order valence-corrected chi connectivity index (χ1v) is 4.74. The first kappa shape index (κ1) is 9.69. The fourth-order valence-corrected chi connectivity index (χ4v) is 1.28. The highest BCUT2D eigenvalue weighted by molar-refractivity contribution is 6.00. The average molecular weight is 201 g/mol. The maximum Gasteiger partial charge on any atom is 0.244 e. The maximum atomic E-state index is 11.6. The Morgan fingerprint density at radius 1 is 1.53 bits per heavy atom. The number of hydrogen-bond donors (Lipinski definition) is 2. The molecule has 15 heavy (non-hydrogen) atoms. The van der Waals surface area contributed by atoms with Gasteiger partial charge in [0.05, 0.1) is 17.2 Å². The van der Waals surface area contributed by atoms with Crippen LogP contribution in [0.1, 0.15) is 18.4 Å². The van der Waals surface area contributed by atoms with E-state index >= 15 is 0 Å². The van der Waals surface area contributed by atoms with Gasteiger partial charge >= 0.3 is 0 Å². The molecule has 0 atom stereocenters. The number of anilines is 1. The van der Waals surface area contributed by atoms with Crippen LogP contribution in [0.5, 0.6) is 0 Å². The SMILES string of the molecule is N#Cc1cccc(NC(=O)C2(N)CC2)c1. The lowest BCUT2D eigenvalue weighted by atomic mass is 10.2. The summed E-state index contributed by atoms with van der Waals surface area (Å²) in [5.41, 5.74) is 6.20. The van der Waals surface area contributed by atoms with Gasteiger partial charge < -0.3 is 11.1 Å². The first-order chi connectivity index (χ1) is 7.14. The Kier molecular flexibility index (Phi) is 2.18. The molecule has 0 saturated heterocycles. The van der Waals surface area contributed by atoms with Gasteiger partial charge in [0.25, 0.3) is 0 Å². The molecule has 4 heteroatoms. The highest BCUT2D eigenvalue weighted by Gasteiger charge is 2.45. The number of nitrogens with zero attached hydrogens (tertiary/aromatic N) is 1. The molecule has 3 N–H and O–H groups in total. The molecule has 1 aliphatic rings. The summed E-state index contributed by atoms with van der Waals surface area (Å²) in [6.07, 6.45) is 1.47. The topological polar surface area (TPSA) is 78.9 Å². The number of nitriles is 1. The van der Waals surface area contributed by atoms with Crippen molar-refractivity contribution in [2.24, 2.45) is 5.73 Å². The van der Waals surface area contributed by atoms with Gasteiger partial charge in [-0.2, -0.15) is 5.26 Å². The van der Waals surface area contributed by atoms with Crippen molar-refractivity contribution in [3.05, 3.63) is 29.8 Å². The van der Waals surface area contributed by atoms with Gasteiger partial charge in [0.15, 0.2) is 0 Å². The average Bonchev–Trinajstić information content (AvgIpc) is 2.98. The van der Waals surface area contributed by atoms with E-state index in [-0.39, 0.29) is 5.91 Å². The van der Waals surface area contributed by atoms with Crippen LogP contribution in [0.2, 0.25) is 0 Å². The minimum atomic E-state index is -0.678. The van der Waals surface area contributed by atoms with Gasteiger partial charge in [-0.25, -0.2) is 0 Å². The Balaban J connectivity index is 2.11. The van der Waals surface area contributed by atoms with E-state index in [4.69, 9.17) is 11.0 Å². The zero-order valence-electron chi connectivity index (χ0n) is 8.16.